The fourth-order valence-corrected chi connectivity index (χ4v) is 4.01. The number of fused-ring (bicyclic) bond motifs is 5. The SMILES string of the molecule is CCOc1ccccc1-c1cc2ccccc2c2nc(N)c3ccccc3c12. The zero-order valence-electron chi connectivity index (χ0n) is 15.6. The maximum absolute atomic E-state index is 6.34. The van der Waals surface area contributed by atoms with E-state index in [-0.39, 0.29) is 0 Å². The van der Waals surface area contributed by atoms with E-state index in [4.69, 9.17) is 15.5 Å². The number of ether oxygens (including phenoxy) is 1. The van der Waals surface area contributed by atoms with Crippen LogP contribution in [0.1, 0.15) is 6.92 Å². The minimum absolute atomic E-state index is 0.559. The van der Waals surface area contributed by atoms with Gasteiger partial charge >= 0.3 is 0 Å². The Morgan fingerprint density at radius 1 is 0.786 bits per heavy atom. The van der Waals surface area contributed by atoms with Crippen molar-refractivity contribution < 1.29 is 4.74 Å². The van der Waals surface area contributed by atoms with E-state index in [0.29, 0.717) is 12.4 Å². The molecule has 0 aliphatic carbocycles. The second-order valence-corrected chi connectivity index (χ2v) is 6.84. The minimum atomic E-state index is 0.559. The summed E-state index contributed by atoms with van der Waals surface area (Å²) in [5.41, 5.74) is 9.45. The fraction of sp³-hybridized carbons (Fsp3) is 0.0800. The van der Waals surface area contributed by atoms with E-state index in [2.05, 4.69) is 42.5 Å². The molecule has 0 saturated heterocycles. The lowest BCUT2D eigenvalue weighted by atomic mass is 9.92. The number of rotatable bonds is 3. The van der Waals surface area contributed by atoms with E-state index in [1.54, 1.807) is 0 Å². The molecular weight excluding hydrogens is 344 g/mol. The van der Waals surface area contributed by atoms with E-state index in [0.717, 1.165) is 49.3 Å². The highest BCUT2D eigenvalue weighted by molar-refractivity contribution is 6.23. The molecule has 136 valence electrons. The van der Waals surface area contributed by atoms with Crippen LogP contribution in [0, 0.1) is 0 Å². The monoisotopic (exact) mass is 364 g/mol. The third-order valence-corrected chi connectivity index (χ3v) is 5.20. The summed E-state index contributed by atoms with van der Waals surface area (Å²) in [6, 6.07) is 27.0. The number of anilines is 1. The average molecular weight is 364 g/mol. The molecule has 0 aliphatic rings. The van der Waals surface area contributed by atoms with Crippen molar-refractivity contribution in [2.24, 2.45) is 0 Å². The highest BCUT2D eigenvalue weighted by Gasteiger charge is 2.16. The van der Waals surface area contributed by atoms with Crippen LogP contribution in [0.15, 0.2) is 78.9 Å². The van der Waals surface area contributed by atoms with Crippen LogP contribution in [0.3, 0.4) is 0 Å². The third kappa shape index (κ3) is 2.48. The van der Waals surface area contributed by atoms with Crippen LogP contribution in [0.5, 0.6) is 5.75 Å². The Morgan fingerprint density at radius 3 is 2.29 bits per heavy atom. The van der Waals surface area contributed by atoms with Gasteiger partial charge in [-0.25, -0.2) is 4.98 Å². The fourth-order valence-electron chi connectivity index (χ4n) is 4.01. The molecule has 5 aromatic rings. The zero-order valence-corrected chi connectivity index (χ0v) is 15.6. The second kappa shape index (κ2) is 6.54. The quantitative estimate of drug-likeness (QED) is 0.388. The molecule has 4 aromatic carbocycles. The van der Waals surface area contributed by atoms with Crippen LogP contribution in [-0.2, 0) is 0 Å². The largest absolute Gasteiger partial charge is 0.493 e. The molecule has 3 heteroatoms. The van der Waals surface area contributed by atoms with Gasteiger partial charge in [0.05, 0.1) is 12.1 Å². The summed E-state index contributed by atoms with van der Waals surface area (Å²) in [7, 11) is 0. The van der Waals surface area contributed by atoms with Crippen molar-refractivity contribution in [1.82, 2.24) is 4.98 Å². The normalized spacial score (nSPS) is 11.3. The molecule has 0 amide bonds. The van der Waals surface area contributed by atoms with Crippen molar-refractivity contribution in [3.63, 3.8) is 0 Å². The molecule has 0 saturated carbocycles. The molecule has 0 unspecified atom stereocenters. The van der Waals surface area contributed by atoms with Gasteiger partial charge in [0.1, 0.15) is 11.6 Å². The smallest absolute Gasteiger partial charge is 0.132 e. The molecule has 0 fully saturated rings. The Morgan fingerprint density at radius 2 is 1.46 bits per heavy atom. The number of hydrogen-bond acceptors (Lipinski definition) is 3. The molecule has 0 bridgehead atoms. The number of nitrogens with two attached hydrogens (primary N) is 1. The van der Waals surface area contributed by atoms with Crippen LogP contribution in [0.2, 0.25) is 0 Å². The molecule has 28 heavy (non-hydrogen) atoms. The molecule has 5 rings (SSSR count). The zero-order chi connectivity index (χ0) is 19.1. The Labute approximate surface area is 163 Å². The third-order valence-electron chi connectivity index (χ3n) is 5.20. The lowest BCUT2D eigenvalue weighted by Gasteiger charge is -2.16. The molecule has 0 spiro atoms. The van der Waals surface area contributed by atoms with Crippen molar-refractivity contribution in [1.29, 1.82) is 0 Å². The molecule has 1 heterocycles. The van der Waals surface area contributed by atoms with E-state index < -0.39 is 0 Å². The molecule has 0 radical (unpaired) electrons. The minimum Gasteiger partial charge on any atom is -0.493 e. The topological polar surface area (TPSA) is 48.1 Å². The Kier molecular flexibility index (Phi) is 3.87. The Balaban J connectivity index is 2.03. The number of hydrogen-bond donors (Lipinski definition) is 1. The maximum Gasteiger partial charge on any atom is 0.132 e. The summed E-state index contributed by atoms with van der Waals surface area (Å²) < 4.78 is 5.94. The van der Waals surface area contributed by atoms with Crippen LogP contribution in [0.4, 0.5) is 5.82 Å². The van der Waals surface area contributed by atoms with Crippen molar-refractivity contribution in [3.05, 3.63) is 78.9 Å². The second-order valence-electron chi connectivity index (χ2n) is 6.84. The van der Waals surface area contributed by atoms with Gasteiger partial charge in [0, 0.05) is 21.7 Å². The summed E-state index contributed by atoms with van der Waals surface area (Å²) in [6.45, 7) is 2.63. The van der Waals surface area contributed by atoms with E-state index in [9.17, 15) is 0 Å². The highest BCUT2D eigenvalue weighted by atomic mass is 16.5. The van der Waals surface area contributed by atoms with Gasteiger partial charge in [-0.2, -0.15) is 0 Å². The van der Waals surface area contributed by atoms with Gasteiger partial charge in [-0.1, -0.05) is 66.7 Å². The van der Waals surface area contributed by atoms with Gasteiger partial charge in [-0.15, -0.1) is 0 Å². The summed E-state index contributed by atoms with van der Waals surface area (Å²) >= 11 is 0. The number of pyridine rings is 1. The van der Waals surface area contributed by atoms with Crippen molar-refractivity contribution in [2.75, 3.05) is 12.3 Å². The summed E-state index contributed by atoms with van der Waals surface area (Å²) in [5, 5.41) is 5.43. The molecule has 1 aromatic heterocycles. The van der Waals surface area contributed by atoms with Gasteiger partial charge in [0.2, 0.25) is 0 Å². The van der Waals surface area contributed by atoms with Crippen molar-refractivity contribution in [2.45, 2.75) is 6.92 Å². The van der Waals surface area contributed by atoms with Gasteiger partial charge in [-0.05, 0) is 35.4 Å². The van der Waals surface area contributed by atoms with Crippen LogP contribution < -0.4 is 10.5 Å². The first kappa shape index (κ1) is 16.6. The predicted molar refractivity (Wildman–Crippen MR) is 118 cm³/mol. The van der Waals surface area contributed by atoms with E-state index >= 15 is 0 Å². The first-order chi connectivity index (χ1) is 13.8. The maximum atomic E-state index is 6.34. The van der Waals surface area contributed by atoms with E-state index in [1.807, 2.05) is 43.3 Å². The lowest BCUT2D eigenvalue weighted by Crippen LogP contribution is -1.97. The van der Waals surface area contributed by atoms with Crippen LogP contribution in [0.25, 0.3) is 43.6 Å². The number of nitrogen functional groups attached to an aromatic ring is 1. The molecular formula is C25H20N2O. The summed E-state index contributed by atoms with van der Waals surface area (Å²) in [5.74, 6) is 1.44. The highest BCUT2D eigenvalue weighted by Crippen LogP contribution is 2.42. The summed E-state index contributed by atoms with van der Waals surface area (Å²) in [4.78, 5) is 4.83. The van der Waals surface area contributed by atoms with Gasteiger partial charge in [-0.3, -0.25) is 0 Å². The number of nitrogens with zero attached hydrogens (tertiary/aromatic N) is 1. The standard InChI is InChI=1S/C25H20N2O/c1-2-28-22-14-8-7-11-18(22)21-15-16-9-3-4-10-17(16)24-23(21)19-12-5-6-13-20(19)25(26)27-24/h3-15H,2H2,1H3,(H2,26,27). The van der Waals surface area contributed by atoms with Crippen LogP contribution >= 0.6 is 0 Å². The van der Waals surface area contributed by atoms with E-state index in [1.165, 1.54) is 0 Å². The Hall–Kier alpha value is -3.59. The molecule has 0 aliphatic heterocycles. The van der Waals surface area contributed by atoms with Gasteiger partial charge in [0.25, 0.3) is 0 Å². The average Bonchev–Trinajstić information content (AvgIpc) is 2.74. The van der Waals surface area contributed by atoms with Gasteiger partial charge in [0.15, 0.2) is 0 Å². The van der Waals surface area contributed by atoms with Crippen molar-refractivity contribution >= 4 is 38.3 Å². The Bertz CT molecular complexity index is 1340. The van der Waals surface area contributed by atoms with Crippen LogP contribution in [-0.4, -0.2) is 11.6 Å². The van der Waals surface area contributed by atoms with Gasteiger partial charge < -0.3 is 10.5 Å². The number of para-hydroxylation sites is 1. The van der Waals surface area contributed by atoms with Crippen molar-refractivity contribution in [3.8, 4) is 16.9 Å². The molecule has 3 nitrogen and oxygen atoms in total. The first-order valence-electron chi connectivity index (χ1n) is 9.50. The predicted octanol–water partition coefficient (Wildman–Crippen LogP) is 6.19. The first-order valence-corrected chi connectivity index (χ1v) is 9.50. The lowest BCUT2D eigenvalue weighted by molar-refractivity contribution is 0.341. The molecule has 0 atom stereocenters. The summed E-state index contributed by atoms with van der Waals surface area (Å²) in [6.07, 6.45) is 0. The number of aromatic nitrogens is 1. The molecule has 2 N–H and O–H groups in total. The number of benzene rings is 4.